The minimum Gasteiger partial charge on any atom is -0.459 e. The monoisotopic (exact) mass is 402 g/mol. The van der Waals surface area contributed by atoms with Gasteiger partial charge in [-0.1, -0.05) is 0 Å². The lowest BCUT2D eigenvalue weighted by molar-refractivity contribution is -0.149. The van der Waals surface area contributed by atoms with Crippen molar-refractivity contribution in [1.29, 1.82) is 0 Å². The highest BCUT2D eigenvalue weighted by atomic mass is 16.5. The number of furan rings is 1. The van der Waals surface area contributed by atoms with E-state index in [2.05, 4.69) is 17.6 Å². The van der Waals surface area contributed by atoms with E-state index in [4.69, 9.17) is 9.15 Å². The number of hydrogen-bond acceptors (Lipinski definition) is 5. The van der Waals surface area contributed by atoms with Crippen molar-refractivity contribution < 1.29 is 23.5 Å². The van der Waals surface area contributed by atoms with Crippen LogP contribution in [0.25, 0.3) is 0 Å². The van der Waals surface area contributed by atoms with Crippen LogP contribution in [0.15, 0.2) is 22.8 Å². The van der Waals surface area contributed by atoms with Gasteiger partial charge in [0.05, 0.1) is 12.7 Å². The third-order valence-electron chi connectivity index (χ3n) is 7.11. The van der Waals surface area contributed by atoms with Gasteiger partial charge >= 0.3 is 5.97 Å². The summed E-state index contributed by atoms with van der Waals surface area (Å²) in [5.74, 6) is 1.53. The SMILES string of the molecule is C[C@@H](NC(=O)COC(=O)CCNC(=O)c1ccco1)C12CC3CC(CC(C3)C1)C2. The van der Waals surface area contributed by atoms with Crippen molar-refractivity contribution >= 4 is 17.8 Å². The molecule has 4 bridgehead atoms. The molecule has 4 aliphatic rings. The first-order valence-corrected chi connectivity index (χ1v) is 10.7. The number of ether oxygens (including phenoxy) is 1. The second-order valence-electron chi connectivity index (χ2n) is 9.21. The molecule has 4 aliphatic carbocycles. The van der Waals surface area contributed by atoms with E-state index < -0.39 is 5.97 Å². The second kappa shape index (κ2) is 8.20. The van der Waals surface area contributed by atoms with Gasteiger partial charge in [-0.15, -0.1) is 0 Å². The zero-order valence-electron chi connectivity index (χ0n) is 16.9. The maximum absolute atomic E-state index is 12.3. The maximum atomic E-state index is 12.3. The van der Waals surface area contributed by atoms with Crippen LogP contribution in [0, 0.1) is 23.2 Å². The van der Waals surface area contributed by atoms with E-state index in [1.807, 2.05) is 0 Å². The van der Waals surface area contributed by atoms with Crippen molar-refractivity contribution in [2.75, 3.05) is 13.2 Å². The number of nitrogens with one attached hydrogen (secondary N) is 2. The van der Waals surface area contributed by atoms with Crippen molar-refractivity contribution in [3.05, 3.63) is 24.2 Å². The molecule has 0 aromatic carbocycles. The number of hydrogen-bond donors (Lipinski definition) is 2. The van der Waals surface area contributed by atoms with Crippen molar-refractivity contribution in [2.24, 2.45) is 23.2 Å². The number of rotatable bonds is 8. The number of carbonyl (C=O) groups excluding carboxylic acids is 3. The highest BCUT2D eigenvalue weighted by Gasteiger charge is 2.53. The molecule has 158 valence electrons. The van der Waals surface area contributed by atoms with Crippen LogP contribution in [0.3, 0.4) is 0 Å². The topological polar surface area (TPSA) is 97.6 Å². The third kappa shape index (κ3) is 4.49. The van der Waals surface area contributed by atoms with E-state index >= 15 is 0 Å². The minimum atomic E-state index is -0.512. The quantitative estimate of drug-likeness (QED) is 0.652. The predicted octanol–water partition coefficient (Wildman–Crippen LogP) is 2.66. The molecule has 1 aromatic rings. The Hall–Kier alpha value is -2.31. The average molecular weight is 402 g/mol. The van der Waals surface area contributed by atoms with E-state index in [1.165, 1.54) is 44.8 Å². The molecule has 0 aliphatic heterocycles. The van der Waals surface area contributed by atoms with Gasteiger partial charge in [0.25, 0.3) is 11.8 Å². The smallest absolute Gasteiger partial charge is 0.308 e. The van der Waals surface area contributed by atoms with Crippen LogP contribution in [-0.2, 0) is 14.3 Å². The van der Waals surface area contributed by atoms with Crippen LogP contribution in [0.2, 0.25) is 0 Å². The number of amides is 2. The van der Waals surface area contributed by atoms with Crippen LogP contribution in [-0.4, -0.2) is 37.0 Å². The first-order chi connectivity index (χ1) is 13.9. The Balaban J connectivity index is 1.16. The van der Waals surface area contributed by atoms with Gasteiger partial charge in [-0.25, -0.2) is 0 Å². The first-order valence-electron chi connectivity index (χ1n) is 10.7. The Morgan fingerprint density at radius 2 is 1.83 bits per heavy atom. The summed E-state index contributed by atoms with van der Waals surface area (Å²) >= 11 is 0. The summed E-state index contributed by atoms with van der Waals surface area (Å²) in [6, 6.07) is 3.27. The lowest BCUT2D eigenvalue weighted by Gasteiger charge is -2.59. The molecule has 5 rings (SSSR count). The summed E-state index contributed by atoms with van der Waals surface area (Å²) in [5, 5.41) is 5.66. The molecule has 4 saturated carbocycles. The Labute approximate surface area is 170 Å². The minimum absolute atomic E-state index is 0.00423. The van der Waals surface area contributed by atoms with Gasteiger partial charge < -0.3 is 19.8 Å². The fraction of sp³-hybridized carbons (Fsp3) is 0.682. The van der Waals surface area contributed by atoms with Crippen LogP contribution in [0.4, 0.5) is 0 Å². The van der Waals surface area contributed by atoms with Crippen LogP contribution in [0.1, 0.15) is 62.4 Å². The molecule has 0 radical (unpaired) electrons. The fourth-order valence-corrected chi connectivity index (χ4v) is 6.14. The van der Waals surface area contributed by atoms with Gasteiger partial charge in [-0.2, -0.15) is 0 Å². The molecule has 7 heteroatoms. The van der Waals surface area contributed by atoms with Crippen molar-refractivity contribution in [3.8, 4) is 0 Å². The highest BCUT2D eigenvalue weighted by Crippen LogP contribution is 2.61. The first kappa shape index (κ1) is 20.0. The van der Waals surface area contributed by atoms with Crippen molar-refractivity contribution in [3.63, 3.8) is 0 Å². The van der Waals surface area contributed by atoms with E-state index in [9.17, 15) is 14.4 Å². The predicted molar refractivity (Wildman–Crippen MR) is 105 cm³/mol. The molecule has 0 unspecified atom stereocenters. The molecule has 7 nitrogen and oxygen atoms in total. The van der Waals surface area contributed by atoms with Gasteiger partial charge in [-0.05, 0) is 80.8 Å². The molecule has 0 saturated heterocycles. The normalized spacial score (nSPS) is 30.6. The van der Waals surface area contributed by atoms with Crippen LogP contribution >= 0.6 is 0 Å². The number of carbonyl (C=O) groups is 3. The molecule has 1 aromatic heterocycles. The lowest BCUT2D eigenvalue weighted by Crippen LogP contribution is -2.56. The molecule has 1 atom stereocenters. The molecule has 2 N–H and O–H groups in total. The van der Waals surface area contributed by atoms with Gasteiger partial charge in [-0.3, -0.25) is 14.4 Å². The summed E-state index contributed by atoms with van der Waals surface area (Å²) in [6.07, 6.45) is 9.17. The standard InChI is InChI=1S/C22H30N2O5/c1-14(22-10-15-7-16(11-22)9-17(8-15)12-22)24-19(25)13-29-20(26)4-5-23-21(27)18-3-2-6-28-18/h2-3,6,14-17H,4-5,7-13H2,1H3,(H,23,27)(H,24,25)/t14-,15?,16?,17?,22?/m1/s1. The third-order valence-corrected chi connectivity index (χ3v) is 7.11. The summed E-state index contributed by atoms with van der Waals surface area (Å²) < 4.78 is 10.0. The molecule has 29 heavy (non-hydrogen) atoms. The lowest BCUT2D eigenvalue weighted by atomic mass is 9.48. The maximum Gasteiger partial charge on any atom is 0.308 e. The Morgan fingerprint density at radius 3 is 2.41 bits per heavy atom. The zero-order valence-corrected chi connectivity index (χ0v) is 16.9. The van der Waals surface area contributed by atoms with Crippen molar-refractivity contribution in [1.82, 2.24) is 10.6 Å². The van der Waals surface area contributed by atoms with E-state index in [1.54, 1.807) is 12.1 Å². The summed E-state index contributed by atoms with van der Waals surface area (Å²) in [5.41, 5.74) is 0.227. The van der Waals surface area contributed by atoms with Crippen molar-refractivity contribution in [2.45, 2.75) is 57.9 Å². The van der Waals surface area contributed by atoms with Gasteiger partial charge in [0.2, 0.25) is 0 Å². The summed E-state index contributed by atoms with van der Waals surface area (Å²) in [7, 11) is 0. The average Bonchev–Trinajstić information content (AvgIpc) is 3.20. The molecular formula is C22H30N2O5. The molecule has 2 amide bonds. The van der Waals surface area contributed by atoms with E-state index in [0.717, 1.165) is 17.8 Å². The Morgan fingerprint density at radius 1 is 1.17 bits per heavy atom. The fourth-order valence-electron chi connectivity index (χ4n) is 6.14. The molecule has 4 fully saturated rings. The molecular weight excluding hydrogens is 372 g/mol. The molecule has 1 heterocycles. The Kier molecular flexibility index (Phi) is 5.65. The second-order valence-corrected chi connectivity index (χ2v) is 9.21. The Bertz CT molecular complexity index is 722. The number of esters is 1. The zero-order chi connectivity index (χ0) is 20.4. The van der Waals surface area contributed by atoms with E-state index in [-0.39, 0.29) is 48.6 Å². The largest absolute Gasteiger partial charge is 0.459 e. The van der Waals surface area contributed by atoms with Gasteiger partial charge in [0.15, 0.2) is 12.4 Å². The van der Waals surface area contributed by atoms with Crippen LogP contribution in [0.5, 0.6) is 0 Å². The summed E-state index contributed by atoms with van der Waals surface area (Å²) in [6.45, 7) is 1.96. The van der Waals surface area contributed by atoms with Gasteiger partial charge in [0.1, 0.15) is 0 Å². The summed E-state index contributed by atoms with van der Waals surface area (Å²) in [4.78, 5) is 35.9. The van der Waals surface area contributed by atoms with Crippen LogP contribution < -0.4 is 10.6 Å². The highest BCUT2D eigenvalue weighted by molar-refractivity contribution is 5.91. The van der Waals surface area contributed by atoms with Gasteiger partial charge in [0, 0.05) is 12.6 Å². The van der Waals surface area contributed by atoms with E-state index in [0.29, 0.717) is 0 Å². The molecule has 0 spiro atoms.